The Hall–Kier alpha value is -1.74. The zero-order valence-electron chi connectivity index (χ0n) is 12.3. The van der Waals surface area contributed by atoms with Crippen molar-refractivity contribution >= 4 is 17.3 Å². The predicted octanol–water partition coefficient (Wildman–Crippen LogP) is 4.62. The van der Waals surface area contributed by atoms with Crippen LogP contribution in [-0.4, -0.2) is 11.1 Å². The summed E-state index contributed by atoms with van der Waals surface area (Å²) < 4.78 is 5.77. The van der Waals surface area contributed by atoms with Crippen LogP contribution in [0.1, 0.15) is 37.4 Å². The summed E-state index contributed by atoms with van der Waals surface area (Å²) in [6.07, 6.45) is 3.97. The number of fused-ring (bicyclic) bond motifs is 1. The molecular weight excluding hydrogens is 284 g/mol. The topological polar surface area (TPSA) is 34.1 Å². The summed E-state index contributed by atoms with van der Waals surface area (Å²) in [5, 5.41) is 4.37. The number of hydrogen-bond acceptors (Lipinski definition) is 3. The molecule has 1 heterocycles. The number of halogens is 1. The van der Waals surface area contributed by atoms with Gasteiger partial charge in [0.1, 0.15) is 0 Å². The van der Waals surface area contributed by atoms with Gasteiger partial charge in [0.15, 0.2) is 0 Å². The Balaban J connectivity index is 1.83. The van der Waals surface area contributed by atoms with Crippen molar-refractivity contribution in [1.82, 2.24) is 4.98 Å². The zero-order valence-corrected chi connectivity index (χ0v) is 13.0. The monoisotopic (exact) mass is 302 g/mol. The Bertz CT molecular complexity index is 642. The molecule has 0 aliphatic heterocycles. The summed E-state index contributed by atoms with van der Waals surface area (Å²) in [6, 6.07) is 10.4. The standard InChI is InChI=1S/C17H19ClN2O/c1-11(2)21-17-16(4-3-9-19-17)20-15-8-5-12-10-13(18)6-7-14(12)15/h3-4,6-7,9-11,15,20H,5,8H2,1-2H3. The van der Waals surface area contributed by atoms with Crippen LogP contribution in [0, 0.1) is 0 Å². The van der Waals surface area contributed by atoms with Crippen molar-refractivity contribution < 1.29 is 4.74 Å². The lowest BCUT2D eigenvalue weighted by Crippen LogP contribution is -2.12. The van der Waals surface area contributed by atoms with Crippen molar-refractivity contribution in [1.29, 1.82) is 0 Å². The van der Waals surface area contributed by atoms with Crippen molar-refractivity contribution in [3.8, 4) is 5.88 Å². The molecule has 1 atom stereocenters. The molecule has 0 bridgehead atoms. The third-order valence-corrected chi connectivity index (χ3v) is 3.87. The van der Waals surface area contributed by atoms with E-state index < -0.39 is 0 Å². The van der Waals surface area contributed by atoms with Crippen LogP contribution in [-0.2, 0) is 6.42 Å². The van der Waals surface area contributed by atoms with Crippen molar-refractivity contribution in [3.05, 3.63) is 52.7 Å². The van der Waals surface area contributed by atoms with Gasteiger partial charge < -0.3 is 10.1 Å². The fourth-order valence-electron chi connectivity index (χ4n) is 2.74. The first kappa shape index (κ1) is 14.2. The predicted molar refractivity (Wildman–Crippen MR) is 86.1 cm³/mol. The second-order valence-corrected chi connectivity index (χ2v) is 6.04. The number of anilines is 1. The van der Waals surface area contributed by atoms with E-state index in [1.807, 2.05) is 32.0 Å². The second kappa shape index (κ2) is 5.94. The molecule has 3 nitrogen and oxygen atoms in total. The molecule has 1 aromatic carbocycles. The number of nitrogens with one attached hydrogen (secondary N) is 1. The minimum absolute atomic E-state index is 0.107. The Labute approximate surface area is 130 Å². The van der Waals surface area contributed by atoms with Gasteiger partial charge in [-0.15, -0.1) is 0 Å². The highest BCUT2D eigenvalue weighted by Gasteiger charge is 2.23. The first-order valence-electron chi connectivity index (χ1n) is 7.30. The normalized spacial score (nSPS) is 16.9. The van der Waals surface area contributed by atoms with Crippen molar-refractivity contribution in [2.24, 2.45) is 0 Å². The molecule has 21 heavy (non-hydrogen) atoms. The minimum atomic E-state index is 0.107. The lowest BCUT2D eigenvalue weighted by molar-refractivity contribution is 0.234. The largest absolute Gasteiger partial charge is 0.473 e. The number of aromatic nitrogens is 1. The third kappa shape index (κ3) is 3.13. The number of ether oxygens (including phenoxy) is 1. The lowest BCUT2D eigenvalue weighted by atomic mass is 10.1. The molecular formula is C17H19ClN2O. The number of pyridine rings is 1. The van der Waals surface area contributed by atoms with E-state index in [-0.39, 0.29) is 12.1 Å². The summed E-state index contributed by atoms with van der Waals surface area (Å²) in [7, 11) is 0. The summed E-state index contributed by atoms with van der Waals surface area (Å²) in [4.78, 5) is 4.33. The quantitative estimate of drug-likeness (QED) is 0.894. The maximum atomic E-state index is 6.06. The zero-order chi connectivity index (χ0) is 14.8. The Morgan fingerprint density at radius 2 is 2.19 bits per heavy atom. The van der Waals surface area contributed by atoms with Crippen molar-refractivity contribution in [2.75, 3.05) is 5.32 Å². The summed E-state index contributed by atoms with van der Waals surface area (Å²) >= 11 is 6.06. The van der Waals surface area contributed by atoms with Crippen LogP contribution in [0.5, 0.6) is 5.88 Å². The van der Waals surface area contributed by atoms with E-state index in [2.05, 4.69) is 22.4 Å². The molecule has 0 fully saturated rings. The van der Waals surface area contributed by atoms with Gasteiger partial charge in [-0.05, 0) is 62.1 Å². The number of aryl methyl sites for hydroxylation is 1. The molecule has 1 aliphatic rings. The molecule has 4 heteroatoms. The molecule has 0 saturated carbocycles. The van der Waals surface area contributed by atoms with Gasteiger partial charge >= 0.3 is 0 Å². The summed E-state index contributed by atoms with van der Waals surface area (Å²) in [5.41, 5.74) is 3.59. The molecule has 0 saturated heterocycles. The van der Waals surface area contributed by atoms with Gasteiger partial charge in [-0.3, -0.25) is 0 Å². The maximum absolute atomic E-state index is 6.06. The van der Waals surface area contributed by atoms with Crippen LogP contribution in [0.25, 0.3) is 0 Å². The van der Waals surface area contributed by atoms with Crippen molar-refractivity contribution in [2.45, 2.75) is 38.8 Å². The number of hydrogen-bond donors (Lipinski definition) is 1. The van der Waals surface area contributed by atoms with Gasteiger partial charge in [-0.1, -0.05) is 17.7 Å². The lowest BCUT2D eigenvalue weighted by Gasteiger charge is -2.19. The van der Waals surface area contributed by atoms with E-state index in [0.29, 0.717) is 5.88 Å². The molecule has 0 amide bonds. The molecule has 2 aromatic rings. The van der Waals surface area contributed by atoms with Gasteiger partial charge in [0, 0.05) is 11.2 Å². The van der Waals surface area contributed by atoms with Gasteiger partial charge in [-0.25, -0.2) is 4.98 Å². The highest BCUT2D eigenvalue weighted by Crippen LogP contribution is 2.36. The summed E-state index contributed by atoms with van der Waals surface area (Å²) in [5.74, 6) is 0.662. The van der Waals surface area contributed by atoms with Gasteiger partial charge in [0.25, 0.3) is 0 Å². The average molecular weight is 303 g/mol. The van der Waals surface area contributed by atoms with E-state index >= 15 is 0 Å². The first-order valence-corrected chi connectivity index (χ1v) is 7.68. The van der Waals surface area contributed by atoms with E-state index in [4.69, 9.17) is 16.3 Å². The molecule has 1 aliphatic carbocycles. The second-order valence-electron chi connectivity index (χ2n) is 5.60. The average Bonchev–Trinajstić information content (AvgIpc) is 2.83. The number of rotatable bonds is 4. The molecule has 0 spiro atoms. The van der Waals surface area contributed by atoms with Gasteiger partial charge in [0.2, 0.25) is 5.88 Å². The summed E-state index contributed by atoms with van der Waals surface area (Å²) in [6.45, 7) is 4.01. The molecule has 3 rings (SSSR count). The van der Waals surface area contributed by atoms with Crippen LogP contribution in [0.2, 0.25) is 5.02 Å². The van der Waals surface area contributed by atoms with Gasteiger partial charge in [-0.2, -0.15) is 0 Å². The smallest absolute Gasteiger partial charge is 0.237 e. The molecule has 1 unspecified atom stereocenters. The third-order valence-electron chi connectivity index (χ3n) is 3.63. The van der Waals surface area contributed by atoms with E-state index in [1.54, 1.807) is 6.20 Å². The SMILES string of the molecule is CC(C)Oc1ncccc1NC1CCc2cc(Cl)ccc21. The highest BCUT2D eigenvalue weighted by molar-refractivity contribution is 6.30. The van der Waals surface area contributed by atoms with Crippen LogP contribution in [0.3, 0.4) is 0 Å². The fraction of sp³-hybridized carbons (Fsp3) is 0.353. The van der Waals surface area contributed by atoms with Crippen LogP contribution in [0.4, 0.5) is 5.69 Å². The Morgan fingerprint density at radius 1 is 1.33 bits per heavy atom. The Kier molecular flexibility index (Phi) is 4.02. The Morgan fingerprint density at radius 3 is 3.00 bits per heavy atom. The molecule has 1 aromatic heterocycles. The minimum Gasteiger partial charge on any atom is -0.473 e. The van der Waals surface area contributed by atoms with E-state index in [0.717, 1.165) is 23.6 Å². The fourth-order valence-corrected chi connectivity index (χ4v) is 2.94. The van der Waals surface area contributed by atoms with Crippen LogP contribution >= 0.6 is 11.6 Å². The first-order chi connectivity index (χ1) is 10.1. The van der Waals surface area contributed by atoms with Crippen LogP contribution in [0.15, 0.2) is 36.5 Å². The van der Waals surface area contributed by atoms with Crippen LogP contribution < -0.4 is 10.1 Å². The number of nitrogens with zero attached hydrogens (tertiary/aromatic N) is 1. The molecule has 110 valence electrons. The van der Waals surface area contributed by atoms with E-state index in [9.17, 15) is 0 Å². The molecule has 1 N–H and O–H groups in total. The maximum Gasteiger partial charge on any atom is 0.237 e. The van der Waals surface area contributed by atoms with E-state index in [1.165, 1.54) is 11.1 Å². The number of benzene rings is 1. The van der Waals surface area contributed by atoms with Crippen molar-refractivity contribution in [3.63, 3.8) is 0 Å². The van der Waals surface area contributed by atoms with Gasteiger partial charge in [0.05, 0.1) is 17.8 Å². The molecule has 0 radical (unpaired) electrons. The highest BCUT2D eigenvalue weighted by atomic mass is 35.5.